The molecule has 7 nitrogen and oxygen atoms in total. The van der Waals surface area contributed by atoms with Crippen LogP contribution in [0, 0.1) is 0 Å². The van der Waals surface area contributed by atoms with Gasteiger partial charge in [-0.15, -0.1) is 0 Å². The Balaban J connectivity index is 2.96. The molecule has 0 fully saturated rings. The number of carbonyl (C=O) groups is 2. The van der Waals surface area contributed by atoms with Gasteiger partial charge in [0, 0.05) is 11.6 Å². The largest absolute Gasteiger partial charge is 0.478 e. The van der Waals surface area contributed by atoms with E-state index in [4.69, 9.17) is 21.3 Å². The third-order valence-electron chi connectivity index (χ3n) is 3.48. The molecule has 6 N–H and O–H groups in total. The zero-order chi connectivity index (χ0) is 15.3. The molecule has 0 unspecified atom stereocenters. The van der Waals surface area contributed by atoms with Crippen LogP contribution in [-0.4, -0.2) is 41.4 Å². The summed E-state index contributed by atoms with van der Waals surface area (Å²) in [5.41, 5.74) is 11.3. The SMILES string of the molecule is CCC(CC)O[C@@H]1C=C(C(=O)O)C[C@H](N)[C@H]1NC(N)=O. The molecular formula is C13H23N3O4. The van der Waals surface area contributed by atoms with Crippen LogP contribution in [0.15, 0.2) is 11.6 Å². The Labute approximate surface area is 118 Å². The van der Waals surface area contributed by atoms with Crippen molar-refractivity contribution < 1.29 is 19.4 Å². The number of nitrogens with two attached hydrogens (primary N) is 2. The smallest absolute Gasteiger partial charge is 0.331 e. The first-order valence-corrected chi connectivity index (χ1v) is 6.80. The Morgan fingerprint density at radius 2 is 2.10 bits per heavy atom. The van der Waals surface area contributed by atoms with E-state index in [1.54, 1.807) is 0 Å². The van der Waals surface area contributed by atoms with Crippen molar-refractivity contribution in [1.82, 2.24) is 5.32 Å². The quantitative estimate of drug-likeness (QED) is 0.559. The maximum absolute atomic E-state index is 11.1. The van der Waals surface area contributed by atoms with Gasteiger partial charge < -0.3 is 26.6 Å². The number of carboxylic acid groups (broad SMARTS) is 1. The van der Waals surface area contributed by atoms with Crippen LogP contribution >= 0.6 is 0 Å². The first kappa shape index (κ1) is 16.5. The molecule has 2 amide bonds. The minimum absolute atomic E-state index is 0.0197. The van der Waals surface area contributed by atoms with Crippen molar-refractivity contribution in [2.24, 2.45) is 11.5 Å². The molecule has 0 bridgehead atoms. The topological polar surface area (TPSA) is 128 Å². The second-order valence-corrected chi connectivity index (χ2v) is 4.94. The van der Waals surface area contributed by atoms with Gasteiger partial charge in [-0.05, 0) is 25.3 Å². The Morgan fingerprint density at radius 3 is 2.55 bits per heavy atom. The fourth-order valence-corrected chi connectivity index (χ4v) is 2.33. The molecule has 0 aromatic rings. The van der Waals surface area contributed by atoms with Crippen molar-refractivity contribution in [3.8, 4) is 0 Å². The molecule has 20 heavy (non-hydrogen) atoms. The zero-order valence-corrected chi connectivity index (χ0v) is 11.8. The average Bonchev–Trinajstić information content (AvgIpc) is 2.38. The minimum Gasteiger partial charge on any atom is -0.478 e. The zero-order valence-electron chi connectivity index (χ0n) is 11.8. The maximum atomic E-state index is 11.1. The van der Waals surface area contributed by atoms with Crippen molar-refractivity contribution in [2.75, 3.05) is 0 Å². The highest BCUT2D eigenvalue weighted by Crippen LogP contribution is 2.23. The van der Waals surface area contributed by atoms with E-state index in [1.165, 1.54) is 6.08 Å². The number of aliphatic carboxylic acids is 1. The predicted molar refractivity (Wildman–Crippen MR) is 74.1 cm³/mol. The van der Waals surface area contributed by atoms with Gasteiger partial charge in [0.05, 0.1) is 18.2 Å². The molecular weight excluding hydrogens is 262 g/mol. The predicted octanol–water partition coefficient (Wildman–Crippen LogP) is 0.339. The van der Waals surface area contributed by atoms with Gasteiger partial charge in [0.15, 0.2) is 0 Å². The van der Waals surface area contributed by atoms with Gasteiger partial charge in [-0.2, -0.15) is 0 Å². The number of rotatable bonds is 6. The molecule has 0 heterocycles. The van der Waals surface area contributed by atoms with E-state index in [-0.39, 0.29) is 18.1 Å². The molecule has 1 rings (SSSR count). The number of hydrogen-bond acceptors (Lipinski definition) is 4. The molecule has 3 atom stereocenters. The lowest BCUT2D eigenvalue weighted by molar-refractivity contribution is -0.133. The summed E-state index contributed by atoms with van der Waals surface area (Å²) in [6, 6.07) is -1.76. The number of carboxylic acids is 1. The van der Waals surface area contributed by atoms with E-state index in [1.807, 2.05) is 13.8 Å². The van der Waals surface area contributed by atoms with Gasteiger partial charge in [0.25, 0.3) is 0 Å². The molecule has 0 saturated carbocycles. The third kappa shape index (κ3) is 4.21. The van der Waals surface area contributed by atoms with Crippen LogP contribution in [-0.2, 0) is 9.53 Å². The van der Waals surface area contributed by atoms with Crippen LogP contribution in [0.1, 0.15) is 33.1 Å². The fourth-order valence-electron chi connectivity index (χ4n) is 2.33. The average molecular weight is 285 g/mol. The summed E-state index contributed by atoms with van der Waals surface area (Å²) in [4.78, 5) is 22.2. The highest BCUT2D eigenvalue weighted by atomic mass is 16.5. The molecule has 0 aliphatic heterocycles. The lowest BCUT2D eigenvalue weighted by Gasteiger charge is -2.36. The normalized spacial score (nSPS) is 26.2. The summed E-state index contributed by atoms with van der Waals surface area (Å²) in [7, 11) is 0. The summed E-state index contributed by atoms with van der Waals surface area (Å²) >= 11 is 0. The van der Waals surface area contributed by atoms with Gasteiger partial charge in [-0.1, -0.05) is 13.8 Å². The van der Waals surface area contributed by atoms with Crippen LogP contribution < -0.4 is 16.8 Å². The Hall–Kier alpha value is -1.60. The summed E-state index contributed by atoms with van der Waals surface area (Å²) in [6.45, 7) is 3.96. The highest BCUT2D eigenvalue weighted by molar-refractivity contribution is 5.87. The van der Waals surface area contributed by atoms with Gasteiger partial charge in [-0.25, -0.2) is 9.59 Å². The lowest BCUT2D eigenvalue weighted by atomic mass is 9.88. The van der Waals surface area contributed by atoms with Crippen LogP contribution in [0.25, 0.3) is 0 Å². The van der Waals surface area contributed by atoms with Crippen LogP contribution in [0.5, 0.6) is 0 Å². The number of urea groups is 1. The number of nitrogens with one attached hydrogen (secondary N) is 1. The third-order valence-corrected chi connectivity index (χ3v) is 3.48. The number of hydrogen-bond donors (Lipinski definition) is 4. The van der Waals surface area contributed by atoms with E-state index in [2.05, 4.69) is 5.32 Å². The molecule has 0 saturated heterocycles. The Bertz CT molecular complexity index is 393. The molecule has 1 aliphatic rings. The maximum Gasteiger partial charge on any atom is 0.331 e. The second-order valence-electron chi connectivity index (χ2n) is 4.94. The summed E-state index contributed by atoms with van der Waals surface area (Å²) in [5, 5.41) is 11.6. The van der Waals surface area contributed by atoms with Crippen molar-refractivity contribution in [1.29, 1.82) is 0 Å². The van der Waals surface area contributed by atoms with Crippen molar-refractivity contribution in [3.63, 3.8) is 0 Å². The van der Waals surface area contributed by atoms with Gasteiger partial charge >= 0.3 is 12.0 Å². The van der Waals surface area contributed by atoms with Gasteiger partial charge in [0.1, 0.15) is 0 Å². The van der Waals surface area contributed by atoms with E-state index in [0.29, 0.717) is 0 Å². The number of amides is 2. The first-order chi connectivity index (χ1) is 9.38. The number of primary amides is 1. The van der Waals surface area contributed by atoms with Crippen molar-refractivity contribution in [2.45, 2.75) is 57.4 Å². The summed E-state index contributed by atoms with van der Waals surface area (Å²) < 4.78 is 5.86. The van der Waals surface area contributed by atoms with E-state index >= 15 is 0 Å². The number of carbonyl (C=O) groups excluding carboxylic acids is 1. The van der Waals surface area contributed by atoms with E-state index in [9.17, 15) is 9.59 Å². The summed E-state index contributed by atoms with van der Waals surface area (Å²) in [5.74, 6) is -1.02. The molecule has 0 radical (unpaired) electrons. The van der Waals surface area contributed by atoms with Crippen LogP contribution in [0.3, 0.4) is 0 Å². The van der Waals surface area contributed by atoms with Gasteiger partial charge in [0.2, 0.25) is 0 Å². The van der Waals surface area contributed by atoms with Crippen LogP contribution in [0.4, 0.5) is 4.79 Å². The minimum atomic E-state index is -1.02. The van der Waals surface area contributed by atoms with E-state index < -0.39 is 30.2 Å². The molecule has 1 aliphatic carbocycles. The fraction of sp³-hybridized carbons (Fsp3) is 0.692. The molecule has 7 heteroatoms. The number of ether oxygens (including phenoxy) is 1. The molecule has 114 valence electrons. The summed E-state index contributed by atoms with van der Waals surface area (Å²) in [6.07, 6.45) is 2.67. The van der Waals surface area contributed by atoms with Gasteiger partial charge in [-0.3, -0.25) is 0 Å². The van der Waals surface area contributed by atoms with Crippen molar-refractivity contribution >= 4 is 12.0 Å². The highest BCUT2D eigenvalue weighted by Gasteiger charge is 2.35. The first-order valence-electron chi connectivity index (χ1n) is 6.80. The van der Waals surface area contributed by atoms with Crippen LogP contribution in [0.2, 0.25) is 0 Å². The second kappa shape index (κ2) is 7.25. The lowest BCUT2D eigenvalue weighted by Crippen LogP contribution is -2.58. The molecule has 0 aromatic heterocycles. The van der Waals surface area contributed by atoms with E-state index in [0.717, 1.165) is 12.8 Å². The Morgan fingerprint density at radius 1 is 1.50 bits per heavy atom. The molecule has 0 spiro atoms. The Kier molecular flexibility index (Phi) is 5.97. The molecule has 0 aromatic carbocycles. The van der Waals surface area contributed by atoms with Crippen molar-refractivity contribution in [3.05, 3.63) is 11.6 Å². The monoisotopic (exact) mass is 285 g/mol. The standard InChI is InChI=1S/C13H23N3O4/c1-3-8(4-2)20-10-6-7(12(17)18)5-9(14)11(10)16-13(15)19/h6,8-11H,3-5,14H2,1-2H3,(H,17,18)(H3,15,16,19)/t9-,10+,11+/m0/s1.